The Balaban J connectivity index is 2.48. The van der Waals surface area contributed by atoms with Crippen LogP contribution in [0.2, 0.25) is 0 Å². The predicted molar refractivity (Wildman–Crippen MR) is 56.0 cm³/mol. The van der Waals surface area contributed by atoms with E-state index in [1.165, 1.54) is 5.56 Å². The van der Waals surface area contributed by atoms with Crippen molar-refractivity contribution in [3.63, 3.8) is 0 Å². The monoisotopic (exact) mass is 191 g/mol. The molecule has 1 aromatic rings. The van der Waals surface area contributed by atoms with Crippen molar-refractivity contribution in [2.45, 2.75) is 6.42 Å². The van der Waals surface area contributed by atoms with Crippen LogP contribution in [0.3, 0.4) is 0 Å². The molecular weight excluding hydrogens is 178 g/mol. The molecule has 0 unspecified atom stereocenters. The highest BCUT2D eigenvalue weighted by Crippen LogP contribution is 2.37. The molecule has 0 spiro atoms. The topological polar surface area (TPSA) is 30.5 Å². The Hall–Kier alpha value is -1.64. The average molecular weight is 191 g/mol. The van der Waals surface area contributed by atoms with Crippen LogP contribution in [-0.4, -0.2) is 14.2 Å². The summed E-state index contributed by atoms with van der Waals surface area (Å²) in [5.74, 6) is 1.51. The van der Waals surface area contributed by atoms with Gasteiger partial charge < -0.3 is 14.8 Å². The van der Waals surface area contributed by atoms with Crippen molar-refractivity contribution in [3.05, 3.63) is 30.0 Å². The highest BCUT2D eigenvalue weighted by molar-refractivity contribution is 5.67. The Labute approximate surface area is 83.3 Å². The number of allylic oxidation sites excluding steroid dienone is 1. The Bertz CT molecular complexity index is 350. The van der Waals surface area contributed by atoms with E-state index in [0.29, 0.717) is 0 Å². The van der Waals surface area contributed by atoms with E-state index in [-0.39, 0.29) is 0 Å². The number of anilines is 1. The molecule has 74 valence electrons. The summed E-state index contributed by atoms with van der Waals surface area (Å²) in [6, 6.07) is 3.92. The minimum Gasteiger partial charge on any atom is -0.493 e. The number of fused-ring (bicyclic) bond motifs is 1. The van der Waals surface area contributed by atoms with Crippen LogP contribution in [0.4, 0.5) is 5.69 Å². The van der Waals surface area contributed by atoms with E-state index in [0.717, 1.165) is 29.3 Å². The second-order valence-electron chi connectivity index (χ2n) is 3.27. The summed E-state index contributed by atoms with van der Waals surface area (Å²) in [5.41, 5.74) is 3.27. The Morgan fingerprint density at radius 3 is 2.50 bits per heavy atom. The van der Waals surface area contributed by atoms with Crippen molar-refractivity contribution >= 4 is 5.69 Å². The number of methoxy groups -OCH3 is 2. The minimum atomic E-state index is 0.744. The number of rotatable bonds is 2. The van der Waals surface area contributed by atoms with Gasteiger partial charge in [0.25, 0.3) is 0 Å². The SMILES string of the molecule is C=C1Cc2cc(OC)c(OC)cc2N1. The Morgan fingerprint density at radius 2 is 1.86 bits per heavy atom. The largest absolute Gasteiger partial charge is 0.493 e. The summed E-state index contributed by atoms with van der Waals surface area (Å²) in [5, 5.41) is 3.19. The average Bonchev–Trinajstić information content (AvgIpc) is 2.54. The molecule has 0 fully saturated rings. The molecule has 0 aromatic heterocycles. The number of hydrogen-bond donors (Lipinski definition) is 1. The van der Waals surface area contributed by atoms with Crippen LogP contribution in [0.5, 0.6) is 11.5 Å². The third-order valence-corrected chi connectivity index (χ3v) is 2.32. The second kappa shape index (κ2) is 3.25. The van der Waals surface area contributed by atoms with Crippen LogP contribution >= 0.6 is 0 Å². The van der Waals surface area contributed by atoms with E-state index < -0.39 is 0 Å². The summed E-state index contributed by atoms with van der Waals surface area (Å²) >= 11 is 0. The van der Waals surface area contributed by atoms with Crippen LogP contribution in [0.15, 0.2) is 24.4 Å². The number of benzene rings is 1. The van der Waals surface area contributed by atoms with Gasteiger partial charge >= 0.3 is 0 Å². The summed E-state index contributed by atoms with van der Waals surface area (Å²) in [6.07, 6.45) is 0.857. The lowest BCUT2D eigenvalue weighted by Gasteiger charge is -2.09. The van der Waals surface area contributed by atoms with Gasteiger partial charge in [0.2, 0.25) is 0 Å². The lowest BCUT2D eigenvalue weighted by atomic mass is 10.1. The number of nitrogens with one attached hydrogen (secondary N) is 1. The van der Waals surface area contributed by atoms with Gasteiger partial charge in [0, 0.05) is 23.9 Å². The Kier molecular flexibility index (Phi) is 2.08. The molecule has 3 nitrogen and oxygen atoms in total. The fourth-order valence-corrected chi connectivity index (χ4v) is 1.65. The molecule has 0 aliphatic carbocycles. The molecule has 0 radical (unpaired) electrons. The fourth-order valence-electron chi connectivity index (χ4n) is 1.65. The third-order valence-electron chi connectivity index (χ3n) is 2.32. The first-order valence-electron chi connectivity index (χ1n) is 4.44. The molecular formula is C11H13NO2. The summed E-state index contributed by atoms with van der Waals surface area (Å²) < 4.78 is 10.4. The summed E-state index contributed by atoms with van der Waals surface area (Å²) in [4.78, 5) is 0. The van der Waals surface area contributed by atoms with Gasteiger partial charge in [-0.25, -0.2) is 0 Å². The second-order valence-corrected chi connectivity index (χ2v) is 3.27. The smallest absolute Gasteiger partial charge is 0.162 e. The van der Waals surface area contributed by atoms with E-state index >= 15 is 0 Å². The van der Waals surface area contributed by atoms with E-state index in [1.54, 1.807) is 14.2 Å². The van der Waals surface area contributed by atoms with Crippen LogP contribution < -0.4 is 14.8 Å². The quantitative estimate of drug-likeness (QED) is 0.777. The zero-order valence-corrected chi connectivity index (χ0v) is 8.39. The van der Waals surface area contributed by atoms with Crippen molar-refractivity contribution in [1.82, 2.24) is 0 Å². The molecule has 1 aliphatic heterocycles. The maximum absolute atomic E-state index is 5.21. The third kappa shape index (κ3) is 1.31. The molecule has 0 saturated heterocycles. The van der Waals surface area contributed by atoms with E-state index in [2.05, 4.69) is 11.9 Å². The van der Waals surface area contributed by atoms with Gasteiger partial charge in [-0.1, -0.05) is 6.58 Å². The van der Waals surface area contributed by atoms with Crippen LogP contribution in [-0.2, 0) is 6.42 Å². The molecule has 14 heavy (non-hydrogen) atoms. The molecule has 1 heterocycles. The van der Waals surface area contributed by atoms with Gasteiger partial charge in [0.15, 0.2) is 11.5 Å². The van der Waals surface area contributed by atoms with Crippen LogP contribution in [0.1, 0.15) is 5.56 Å². The lowest BCUT2D eigenvalue weighted by molar-refractivity contribution is 0.355. The van der Waals surface area contributed by atoms with Gasteiger partial charge in [0.05, 0.1) is 14.2 Å². The van der Waals surface area contributed by atoms with Crippen LogP contribution in [0.25, 0.3) is 0 Å². The predicted octanol–water partition coefficient (Wildman–Crippen LogP) is 2.19. The maximum Gasteiger partial charge on any atom is 0.162 e. The van der Waals surface area contributed by atoms with Crippen molar-refractivity contribution < 1.29 is 9.47 Å². The molecule has 0 bridgehead atoms. The van der Waals surface area contributed by atoms with Crippen LogP contribution in [0, 0.1) is 0 Å². The van der Waals surface area contributed by atoms with E-state index in [1.807, 2.05) is 12.1 Å². The highest BCUT2D eigenvalue weighted by Gasteiger charge is 2.17. The maximum atomic E-state index is 5.21. The summed E-state index contributed by atoms with van der Waals surface area (Å²) in [6.45, 7) is 3.89. The van der Waals surface area contributed by atoms with Gasteiger partial charge in [0.1, 0.15) is 0 Å². The van der Waals surface area contributed by atoms with Gasteiger partial charge in [-0.2, -0.15) is 0 Å². The first-order valence-corrected chi connectivity index (χ1v) is 4.44. The number of ether oxygens (including phenoxy) is 2. The Morgan fingerprint density at radius 1 is 1.21 bits per heavy atom. The molecule has 2 rings (SSSR count). The standard InChI is InChI=1S/C11H13NO2/c1-7-4-8-5-10(13-2)11(14-3)6-9(8)12-7/h5-6,12H,1,4H2,2-3H3. The number of hydrogen-bond acceptors (Lipinski definition) is 3. The van der Waals surface area contributed by atoms with E-state index in [9.17, 15) is 0 Å². The molecule has 3 heteroatoms. The van der Waals surface area contributed by atoms with Crippen molar-refractivity contribution in [2.24, 2.45) is 0 Å². The first kappa shape index (κ1) is 8.94. The van der Waals surface area contributed by atoms with Crippen molar-refractivity contribution in [3.8, 4) is 11.5 Å². The van der Waals surface area contributed by atoms with Gasteiger partial charge in [-0.15, -0.1) is 0 Å². The minimum absolute atomic E-state index is 0.744. The first-order chi connectivity index (χ1) is 6.74. The molecule has 1 aliphatic rings. The zero-order chi connectivity index (χ0) is 10.1. The highest BCUT2D eigenvalue weighted by atomic mass is 16.5. The van der Waals surface area contributed by atoms with Gasteiger partial charge in [-0.3, -0.25) is 0 Å². The molecule has 1 N–H and O–H groups in total. The zero-order valence-electron chi connectivity index (χ0n) is 8.39. The van der Waals surface area contributed by atoms with Crippen molar-refractivity contribution in [1.29, 1.82) is 0 Å². The molecule has 1 aromatic carbocycles. The molecule has 0 atom stereocenters. The van der Waals surface area contributed by atoms with E-state index in [4.69, 9.17) is 9.47 Å². The lowest BCUT2D eigenvalue weighted by Crippen LogP contribution is -1.92. The molecule has 0 saturated carbocycles. The summed E-state index contributed by atoms with van der Waals surface area (Å²) in [7, 11) is 3.27. The molecule has 0 amide bonds. The van der Waals surface area contributed by atoms with Crippen molar-refractivity contribution in [2.75, 3.05) is 19.5 Å². The normalized spacial score (nSPS) is 13.4. The fraction of sp³-hybridized carbons (Fsp3) is 0.273. The van der Waals surface area contributed by atoms with Gasteiger partial charge in [-0.05, 0) is 11.6 Å².